The number of aliphatic hydroxyl groups excluding tert-OH is 1. The zero-order chi connectivity index (χ0) is 16.6. The van der Waals surface area contributed by atoms with E-state index in [-0.39, 0.29) is 18.9 Å². The van der Waals surface area contributed by atoms with Crippen LogP contribution in [0.15, 0.2) is 60.7 Å². The Morgan fingerprint density at radius 2 is 1.75 bits per heavy atom. The molecule has 1 saturated heterocycles. The minimum absolute atomic E-state index is 0.193. The fraction of sp³-hybridized carbons (Fsp3) is 0.400. The van der Waals surface area contributed by atoms with E-state index in [2.05, 4.69) is 5.32 Å². The van der Waals surface area contributed by atoms with Crippen LogP contribution in [0.25, 0.3) is 0 Å². The second kappa shape index (κ2) is 8.83. The maximum absolute atomic E-state index is 10.7. The summed E-state index contributed by atoms with van der Waals surface area (Å²) in [4.78, 5) is 0. The van der Waals surface area contributed by atoms with Crippen LogP contribution in [-0.2, 0) is 9.47 Å². The molecular weight excluding hydrogens is 302 g/mol. The second-order valence-corrected chi connectivity index (χ2v) is 6.10. The van der Waals surface area contributed by atoms with E-state index < -0.39 is 6.10 Å². The third kappa shape index (κ3) is 4.81. The van der Waals surface area contributed by atoms with Crippen molar-refractivity contribution in [2.75, 3.05) is 18.5 Å². The number of aliphatic hydroxyl groups is 1. The van der Waals surface area contributed by atoms with Gasteiger partial charge in [0.25, 0.3) is 0 Å². The Balaban J connectivity index is 1.66. The molecule has 1 heterocycles. The molecule has 1 fully saturated rings. The highest BCUT2D eigenvalue weighted by Crippen LogP contribution is 2.24. The van der Waals surface area contributed by atoms with Crippen LogP contribution in [0.4, 0.5) is 5.69 Å². The zero-order valence-corrected chi connectivity index (χ0v) is 13.8. The van der Waals surface area contributed by atoms with Gasteiger partial charge in [-0.05, 0) is 37.0 Å². The standard InChI is InChI=1S/C20H25NO3/c22-18(15-24-19-13-7-8-14-23-19)20(16-9-3-1-4-10-16)21-17-11-5-2-6-12-17/h1-6,9-12,18-22H,7-8,13-15H2/t18-,19?,20+/m0/s1. The number of para-hydroxylation sites is 1. The molecule has 0 radical (unpaired) electrons. The average Bonchev–Trinajstić information content (AvgIpc) is 2.66. The van der Waals surface area contributed by atoms with Gasteiger partial charge in [-0.25, -0.2) is 0 Å². The molecule has 128 valence electrons. The monoisotopic (exact) mass is 327 g/mol. The Morgan fingerprint density at radius 3 is 2.42 bits per heavy atom. The first-order chi connectivity index (χ1) is 11.8. The third-order valence-corrected chi connectivity index (χ3v) is 4.23. The van der Waals surface area contributed by atoms with Crippen molar-refractivity contribution in [2.45, 2.75) is 37.7 Å². The van der Waals surface area contributed by atoms with Crippen LogP contribution in [-0.4, -0.2) is 30.7 Å². The molecule has 0 bridgehead atoms. The van der Waals surface area contributed by atoms with Gasteiger partial charge in [0.15, 0.2) is 6.29 Å². The van der Waals surface area contributed by atoms with Gasteiger partial charge in [-0.2, -0.15) is 0 Å². The molecule has 1 unspecified atom stereocenters. The molecule has 1 aliphatic rings. The van der Waals surface area contributed by atoms with Crippen LogP contribution >= 0.6 is 0 Å². The number of anilines is 1. The topological polar surface area (TPSA) is 50.7 Å². The minimum Gasteiger partial charge on any atom is -0.388 e. The number of ether oxygens (including phenoxy) is 2. The highest BCUT2D eigenvalue weighted by molar-refractivity contribution is 5.45. The first-order valence-corrected chi connectivity index (χ1v) is 8.61. The number of hydrogen-bond acceptors (Lipinski definition) is 4. The highest BCUT2D eigenvalue weighted by Gasteiger charge is 2.23. The molecule has 0 aromatic heterocycles. The molecule has 24 heavy (non-hydrogen) atoms. The van der Waals surface area contributed by atoms with Crippen LogP contribution in [0.5, 0.6) is 0 Å². The molecule has 2 aromatic rings. The number of benzene rings is 2. The van der Waals surface area contributed by atoms with E-state index in [0.29, 0.717) is 0 Å². The lowest BCUT2D eigenvalue weighted by molar-refractivity contribution is -0.176. The van der Waals surface area contributed by atoms with E-state index in [0.717, 1.165) is 37.1 Å². The van der Waals surface area contributed by atoms with E-state index in [4.69, 9.17) is 9.47 Å². The summed E-state index contributed by atoms with van der Waals surface area (Å²) in [6, 6.07) is 19.6. The quantitative estimate of drug-likeness (QED) is 0.813. The second-order valence-electron chi connectivity index (χ2n) is 6.10. The SMILES string of the molecule is O[C@@H](COC1CCCCO1)[C@H](Nc1ccccc1)c1ccccc1. The number of hydrogen-bond donors (Lipinski definition) is 2. The summed E-state index contributed by atoms with van der Waals surface area (Å²) < 4.78 is 11.4. The maximum atomic E-state index is 10.7. The van der Waals surface area contributed by atoms with E-state index in [1.54, 1.807) is 0 Å². The van der Waals surface area contributed by atoms with E-state index in [9.17, 15) is 5.11 Å². The largest absolute Gasteiger partial charge is 0.388 e. The summed E-state index contributed by atoms with van der Waals surface area (Å²) in [5.41, 5.74) is 2.00. The Hall–Kier alpha value is -1.88. The van der Waals surface area contributed by atoms with Crippen molar-refractivity contribution >= 4 is 5.69 Å². The molecule has 2 N–H and O–H groups in total. The Labute approximate surface area is 143 Å². The molecule has 3 atom stereocenters. The van der Waals surface area contributed by atoms with Gasteiger partial charge in [0, 0.05) is 12.3 Å². The van der Waals surface area contributed by atoms with Crippen molar-refractivity contribution in [3.05, 3.63) is 66.2 Å². The van der Waals surface area contributed by atoms with Gasteiger partial charge >= 0.3 is 0 Å². The molecule has 0 aliphatic carbocycles. The van der Waals surface area contributed by atoms with Crippen LogP contribution in [0.3, 0.4) is 0 Å². The van der Waals surface area contributed by atoms with Gasteiger partial charge in [0.05, 0.1) is 12.6 Å². The predicted molar refractivity (Wildman–Crippen MR) is 94.8 cm³/mol. The van der Waals surface area contributed by atoms with Gasteiger partial charge in [-0.3, -0.25) is 0 Å². The third-order valence-electron chi connectivity index (χ3n) is 4.23. The molecule has 2 aromatic carbocycles. The number of rotatable bonds is 7. The van der Waals surface area contributed by atoms with Crippen molar-refractivity contribution in [3.8, 4) is 0 Å². The average molecular weight is 327 g/mol. The molecule has 3 rings (SSSR count). The first-order valence-electron chi connectivity index (χ1n) is 8.61. The van der Waals surface area contributed by atoms with Crippen molar-refractivity contribution in [1.82, 2.24) is 0 Å². The summed E-state index contributed by atoms with van der Waals surface area (Å²) in [5.74, 6) is 0. The van der Waals surface area contributed by atoms with E-state index >= 15 is 0 Å². The van der Waals surface area contributed by atoms with Crippen LogP contribution in [0, 0.1) is 0 Å². The lowest BCUT2D eigenvalue weighted by Crippen LogP contribution is -2.33. The molecule has 1 aliphatic heterocycles. The van der Waals surface area contributed by atoms with E-state index in [1.165, 1.54) is 0 Å². The minimum atomic E-state index is -0.668. The van der Waals surface area contributed by atoms with Gasteiger partial charge in [-0.1, -0.05) is 48.5 Å². The summed E-state index contributed by atoms with van der Waals surface area (Å²) in [6.45, 7) is 0.981. The van der Waals surface area contributed by atoms with Crippen LogP contribution in [0.1, 0.15) is 30.9 Å². The Morgan fingerprint density at radius 1 is 1.04 bits per heavy atom. The lowest BCUT2D eigenvalue weighted by atomic mass is 10.0. The normalized spacial score (nSPS) is 20.3. The van der Waals surface area contributed by atoms with Crippen molar-refractivity contribution in [1.29, 1.82) is 0 Å². The molecule has 0 saturated carbocycles. The summed E-state index contributed by atoms with van der Waals surface area (Å²) >= 11 is 0. The number of nitrogens with one attached hydrogen (secondary N) is 1. The molecule has 4 nitrogen and oxygen atoms in total. The molecule has 4 heteroatoms. The molecule has 0 spiro atoms. The Bertz CT molecular complexity index is 584. The van der Waals surface area contributed by atoms with Gasteiger partial charge in [0.2, 0.25) is 0 Å². The Kier molecular flexibility index (Phi) is 6.24. The fourth-order valence-corrected chi connectivity index (χ4v) is 2.92. The zero-order valence-electron chi connectivity index (χ0n) is 13.8. The highest BCUT2D eigenvalue weighted by atomic mass is 16.7. The fourth-order valence-electron chi connectivity index (χ4n) is 2.92. The van der Waals surface area contributed by atoms with Gasteiger partial charge in [0.1, 0.15) is 6.10 Å². The summed E-state index contributed by atoms with van der Waals surface area (Å²) in [5, 5.41) is 14.1. The first kappa shape index (κ1) is 17.0. The van der Waals surface area contributed by atoms with E-state index in [1.807, 2.05) is 60.7 Å². The van der Waals surface area contributed by atoms with Crippen LogP contribution in [0.2, 0.25) is 0 Å². The van der Waals surface area contributed by atoms with Gasteiger partial charge < -0.3 is 19.9 Å². The van der Waals surface area contributed by atoms with Crippen molar-refractivity contribution in [3.63, 3.8) is 0 Å². The van der Waals surface area contributed by atoms with Crippen LogP contribution < -0.4 is 5.32 Å². The lowest BCUT2D eigenvalue weighted by Gasteiger charge is -2.28. The maximum Gasteiger partial charge on any atom is 0.157 e. The molecule has 0 amide bonds. The predicted octanol–water partition coefficient (Wildman–Crippen LogP) is 3.74. The van der Waals surface area contributed by atoms with Crippen molar-refractivity contribution in [2.24, 2.45) is 0 Å². The van der Waals surface area contributed by atoms with Gasteiger partial charge in [-0.15, -0.1) is 0 Å². The summed E-state index contributed by atoms with van der Waals surface area (Å²) in [7, 11) is 0. The summed E-state index contributed by atoms with van der Waals surface area (Å²) in [6.07, 6.45) is 2.24. The van der Waals surface area contributed by atoms with Crippen molar-refractivity contribution < 1.29 is 14.6 Å². The molecular formula is C20H25NO3. The smallest absolute Gasteiger partial charge is 0.157 e.